The van der Waals surface area contributed by atoms with Gasteiger partial charge in [0.15, 0.2) is 0 Å². The van der Waals surface area contributed by atoms with Crippen LogP contribution in [0.1, 0.15) is 23.7 Å². The minimum Gasteiger partial charge on any atom is -0.338 e. The predicted octanol–water partition coefficient (Wildman–Crippen LogP) is 2.96. The standard InChI is InChI=1S/C12H12BrFN2O/c1-8(6-7-15)16(2)12(17)9-4-3-5-10(14)11(9)13/h3-5,8H,6H2,1-2H3. The molecule has 0 saturated carbocycles. The number of hydrogen-bond donors (Lipinski definition) is 0. The average Bonchev–Trinajstić information content (AvgIpc) is 2.31. The summed E-state index contributed by atoms with van der Waals surface area (Å²) in [7, 11) is 1.60. The third-order valence-electron chi connectivity index (χ3n) is 2.55. The molecule has 0 aliphatic rings. The summed E-state index contributed by atoms with van der Waals surface area (Å²) in [6, 6.07) is 6.10. The fourth-order valence-corrected chi connectivity index (χ4v) is 1.76. The van der Waals surface area contributed by atoms with E-state index in [2.05, 4.69) is 15.9 Å². The normalized spacial score (nSPS) is 11.7. The lowest BCUT2D eigenvalue weighted by atomic mass is 10.1. The number of carbonyl (C=O) groups excluding carboxylic acids is 1. The Morgan fingerprint density at radius 2 is 2.29 bits per heavy atom. The van der Waals surface area contributed by atoms with Crippen LogP contribution in [0, 0.1) is 17.1 Å². The Bertz CT molecular complexity index is 470. The number of carbonyl (C=O) groups is 1. The Labute approximate surface area is 108 Å². The summed E-state index contributed by atoms with van der Waals surface area (Å²) in [6.07, 6.45) is 0.245. The molecule has 90 valence electrons. The SMILES string of the molecule is CC(CC#N)N(C)C(=O)c1cccc(F)c1Br. The number of halogens is 2. The predicted molar refractivity (Wildman–Crippen MR) is 65.9 cm³/mol. The Morgan fingerprint density at radius 1 is 1.65 bits per heavy atom. The zero-order chi connectivity index (χ0) is 13.0. The van der Waals surface area contributed by atoms with E-state index in [1.165, 1.54) is 17.0 Å². The molecule has 0 aromatic heterocycles. The first-order valence-electron chi connectivity index (χ1n) is 5.07. The molecule has 1 amide bonds. The van der Waals surface area contributed by atoms with Crippen molar-refractivity contribution in [3.05, 3.63) is 34.1 Å². The second kappa shape index (κ2) is 5.78. The Hall–Kier alpha value is -1.41. The average molecular weight is 299 g/mol. The van der Waals surface area contributed by atoms with E-state index in [0.717, 1.165) is 0 Å². The van der Waals surface area contributed by atoms with E-state index in [0.29, 0.717) is 0 Å². The van der Waals surface area contributed by atoms with E-state index in [-0.39, 0.29) is 28.4 Å². The van der Waals surface area contributed by atoms with Crippen LogP contribution in [0.15, 0.2) is 22.7 Å². The van der Waals surface area contributed by atoms with Crippen molar-refractivity contribution < 1.29 is 9.18 Å². The highest BCUT2D eigenvalue weighted by Gasteiger charge is 2.20. The second-order valence-electron chi connectivity index (χ2n) is 3.73. The Balaban J connectivity index is 2.97. The molecule has 1 rings (SSSR count). The molecular weight excluding hydrogens is 287 g/mol. The molecule has 1 unspecified atom stereocenters. The molecule has 3 nitrogen and oxygen atoms in total. The number of amides is 1. The molecule has 0 heterocycles. The van der Waals surface area contributed by atoms with Crippen LogP contribution >= 0.6 is 15.9 Å². The maximum atomic E-state index is 13.3. The van der Waals surface area contributed by atoms with Gasteiger partial charge in [-0.25, -0.2) is 4.39 Å². The molecule has 17 heavy (non-hydrogen) atoms. The molecule has 0 fully saturated rings. The van der Waals surface area contributed by atoms with Crippen molar-refractivity contribution in [2.75, 3.05) is 7.05 Å². The molecule has 0 bridgehead atoms. The van der Waals surface area contributed by atoms with Gasteiger partial charge in [-0.1, -0.05) is 6.07 Å². The van der Waals surface area contributed by atoms with Gasteiger partial charge in [-0.15, -0.1) is 0 Å². The maximum Gasteiger partial charge on any atom is 0.255 e. The van der Waals surface area contributed by atoms with Gasteiger partial charge in [-0.3, -0.25) is 4.79 Å². The van der Waals surface area contributed by atoms with Crippen LogP contribution in [0.2, 0.25) is 0 Å². The molecular formula is C12H12BrFN2O. The largest absolute Gasteiger partial charge is 0.338 e. The van der Waals surface area contributed by atoms with Crippen LogP contribution in [-0.4, -0.2) is 23.9 Å². The minimum atomic E-state index is -0.475. The third-order valence-corrected chi connectivity index (χ3v) is 3.36. The van der Waals surface area contributed by atoms with Crippen LogP contribution in [0.4, 0.5) is 4.39 Å². The van der Waals surface area contributed by atoms with Gasteiger partial charge in [0.05, 0.1) is 22.5 Å². The number of rotatable bonds is 3. The number of benzene rings is 1. The smallest absolute Gasteiger partial charge is 0.255 e. The van der Waals surface area contributed by atoms with Gasteiger partial charge in [0.25, 0.3) is 5.91 Å². The summed E-state index contributed by atoms with van der Waals surface area (Å²) in [4.78, 5) is 13.5. The van der Waals surface area contributed by atoms with Gasteiger partial charge in [0.1, 0.15) is 5.82 Å². The third kappa shape index (κ3) is 3.04. The molecule has 1 atom stereocenters. The fourth-order valence-electron chi connectivity index (χ4n) is 1.33. The molecule has 0 aliphatic heterocycles. The molecule has 0 aliphatic carbocycles. The van der Waals surface area contributed by atoms with Crippen LogP contribution in [0.3, 0.4) is 0 Å². The summed E-state index contributed by atoms with van der Waals surface area (Å²) in [5.41, 5.74) is 0.261. The monoisotopic (exact) mass is 298 g/mol. The number of hydrogen-bond acceptors (Lipinski definition) is 2. The lowest BCUT2D eigenvalue weighted by Gasteiger charge is -2.23. The molecule has 0 radical (unpaired) electrons. The summed E-state index contributed by atoms with van der Waals surface area (Å²) >= 11 is 3.05. The molecule has 1 aromatic rings. The van der Waals surface area contributed by atoms with Crippen molar-refractivity contribution in [1.82, 2.24) is 4.90 Å². The lowest BCUT2D eigenvalue weighted by Crippen LogP contribution is -2.35. The van der Waals surface area contributed by atoms with Crippen LogP contribution in [0.5, 0.6) is 0 Å². The molecule has 0 spiro atoms. The number of nitrogens with zero attached hydrogens (tertiary/aromatic N) is 2. The second-order valence-corrected chi connectivity index (χ2v) is 4.52. The van der Waals surface area contributed by atoms with Crippen LogP contribution < -0.4 is 0 Å². The summed E-state index contributed by atoms with van der Waals surface area (Å²) in [6.45, 7) is 1.77. The van der Waals surface area contributed by atoms with Crippen LogP contribution in [0.25, 0.3) is 0 Å². The van der Waals surface area contributed by atoms with E-state index in [9.17, 15) is 9.18 Å². The van der Waals surface area contributed by atoms with Gasteiger partial charge >= 0.3 is 0 Å². The summed E-state index contributed by atoms with van der Waals surface area (Å²) in [5.74, 6) is -0.781. The van der Waals surface area contributed by atoms with Crippen molar-refractivity contribution in [3.63, 3.8) is 0 Å². The lowest BCUT2D eigenvalue weighted by molar-refractivity contribution is 0.0744. The zero-order valence-corrected chi connectivity index (χ0v) is 11.2. The number of nitriles is 1. The molecule has 1 aromatic carbocycles. The highest BCUT2D eigenvalue weighted by molar-refractivity contribution is 9.10. The van der Waals surface area contributed by atoms with Crippen molar-refractivity contribution in [3.8, 4) is 6.07 Å². The summed E-state index contributed by atoms with van der Waals surface area (Å²) < 4.78 is 13.4. The van der Waals surface area contributed by atoms with Gasteiger partial charge < -0.3 is 4.90 Å². The maximum absolute atomic E-state index is 13.3. The van der Waals surface area contributed by atoms with E-state index in [1.54, 1.807) is 20.0 Å². The van der Waals surface area contributed by atoms with E-state index in [1.807, 2.05) is 6.07 Å². The Kier molecular flexibility index (Phi) is 4.64. The Morgan fingerprint density at radius 3 is 2.88 bits per heavy atom. The van der Waals surface area contributed by atoms with Crippen molar-refractivity contribution in [2.24, 2.45) is 0 Å². The van der Waals surface area contributed by atoms with Gasteiger partial charge in [-0.2, -0.15) is 5.26 Å². The topological polar surface area (TPSA) is 44.1 Å². The van der Waals surface area contributed by atoms with Gasteiger partial charge in [0, 0.05) is 13.1 Å². The first kappa shape index (κ1) is 13.7. The van der Waals surface area contributed by atoms with E-state index >= 15 is 0 Å². The zero-order valence-electron chi connectivity index (χ0n) is 9.58. The first-order chi connectivity index (χ1) is 7.99. The molecule has 0 saturated heterocycles. The summed E-state index contributed by atoms with van der Waals surface area (Å²) in [5, 5.41) is 8.58. The van der Waals surface area contributed by atoms with E-state index in [4.69, 9.17) is 5.26 Å². The van der Waals surface area contributed by atoms with Gasteiger partial charge in [0.2, 0.25) is 0 Å². The highest BCUT2D eigenvalue weighted by Crippen LogP contribution is 2.22. The van der Waals surface area contributed by atoms with Crippen molar-refractivity contribution in [1.29, 1.82) is 5.26 Å². The fraction of sp³-hybridized carbons (Fsp3) is 0.333. The molecule has 0 N–H and O–H groups in total. The van der Waals surface area contributed by atoms with Crippen molar-refractivity contribution >= 4 is 21.8 Å². The minimum absolute atomic E-state index is 0.154. The van der Waals surface area contributed by atoms with E-state index < -0.39 is 5.82 Å². The quantitative estimate of drug-likeness (QED) is 0.861. The first-order valence-corrected chi connectivity index (χ1v) is 5.86. The van der Waals surface area contributed by atoms with Gasteiger partial charge in [-0.05, 0) is 35.0 Å². The van der Waals surface area contributed by atoms with Crippen LogP contribution in [-0.2, 0) is 0 Å². The van der Waals surface area contributed by atoms with Crippen molar-refractivity contribution in [2.45, 2.75) is 19.4 Å². The highest BCUT2D eigenvalue weighted by atomic mass is 79.9. The molecule has 5 heteroatoms.